The number of amides is 1. The van der Waals surface area contributed by atoms with Gasteiger partial charge in [-0.25, -0.2) is 4.79 Å². The lowest BCUT2D eigenvalue weighted by Crippen LogP contribution is -2.33. The normalized spacial score (nSPS) is 16.5. The second-order valence-electron chi connectivity index (χ2n) is 7.54. The number of phenols is 1. The van der Waals surface area contributed by atoms with Gasteiger partial charge in [-0.1, -0.05) is 0 Å². The molecule has 0 aromatic heterocycles. The number of azo groups is 1. The highest BCUT2D eigenvalue weighted by molar-refractivity contribution is 7.86. The molecule has 0 bridgehead atoms. The van der Waals surface area contributed by atoms with E-state index in [1.54, 1.807) is 0 Å². The Morgan fingerprint density at radius 1 is 1.00 bits per heavy atom. The van der Waals surface area contributed by atoms with E-state index in [9.17, 15) is 41.2 Å². The molecule has 0 spiro atoms. The lowest BCUT2D eigenvalue weighted by atomic mass is 10.1. The molecule has 0 fully saturated rings. The molecule has 0 saturated heterocycles. The van der Waals surface area contributed by atoms with Crippen LogP contribution in [0.3, 0.4) is 0 Å². The number of aliphatic carboxylic acids is 1. The van der Waals surface area contributed by atoms with Gasteiger partial charge in [-0.05, 0) is 53.9 Å². The van der Waals surface area contributed by atoms with Crippen LogP contribution in [0.15, 0.2) is 73.7 Å². The van der Waals surface area contributed by atoms with Crippen molar-refractivity contribution < 1.29 is 45.7 Å². The highest BCUT2D eigenvalue weighted by atomic mass is 32.2. The number of nitrogens with two attached hydrogens (primary N) is 1. The summed E-state index contributed by atoms with van der Waals surface area (Å²) in [5, 5.41) is 31.9. The van der Waals surface area contributed by atoms with Crippen molar-refractivity contribution in [1.82, 2.24) is 0 Å². The van der Waals surface area contributed by atoms with E-state index in [1.807, 2.05) is 0 Å². The number of nitrogens with zero attached hydrogens (tertiary/aromatic N) is 4. The third-order valence-corrected chi connectivity index (χ3v) is 6.93. The summed E-state index contributed by atoms with van der Waals surface area (Å²) < 4.78 is 63.9. The monoisotopic (exact) mass is 549 g/mol. The Morgan fingerprint density at radius 3 is 2.22 bits per heavy atom. The summed E-state index contributed by atoms with van der Waals surface area (Å²) in [6.45, 7) is 0. The van der Waals surface area contributed by atoms with Gasteiger partial charge in [0.15, 0.2) is 5.71 Å². The molecule has 15 nitrogen and oxygen atoms in total. The van der Waals surface area contributed by atoms with Gasteiger partial charge in [0.05, 0.1) is 22.0 Å². The zero-order chi connectivity index (χ0) is 27.3. The molecule has 1 aliphatic heterocycles. The standard InChI is InChI=1S/C20H15N5O10S2/c21-15-14(37(33,34)35)8-9-7-10(1-6-13(9)18(15)26)22-23-16-17(20(28)29)24-25(19(16)27)11-2-4-12(5-3-11)36(30,31)32/h1-8,16,26H,21H2,(H,28,29)(H,30,31,32)(H,33,34,35). The van der Waals surface area contributed by atoms with Crippen LogP contribution < -0.4 is 10.7 Å². The van der Waals surface area contributed by atoms with Crippen LogP contribution in [0.4, 0.5) is 17.1 Å². The fourth-order valence-corrected chi connectivity index (χ4v) is 4.55. The average molecular weight is 549 g/mol. The summed E-state index contributed by atoms with van der Waals surface area (Å²) in [6.07, 6.45) is 0. The summed E-state index contributed by atoms with van der Waals surface area (Å²) in [5.74, 6) is -3.11. The summed E-state index contributed by atoms with van der Waals surface area (Å²) in [6, 6.07) is 7.40. The number of carbonyl (C=O) groups excluding carboxylic acids is 1. The lowest BCUT2D eigenvalue weighted by Gasteiger charge is -2.12. The molecule has 0 radical (unpaired) electrons. The third-order valence-electron chi connectivity index (χ3n) is 5.17. The molecule has 3 aromatic rings. The topological polar surface area (TPSA) is 250 Å². The van der Waals surface area contributed by atoms with E-state index in [4.69, 9.17) is 10.3 Å². The van der Waals surface area contributed by atoms with Gasteiger partial charge in [0.25, 0.3) is 26.1 Å². The molecule has 1 aliphatic rings. The van der Waals surface area contributed by atoms with E-state index in [1.165, 1.54) is 18.2 Å². The Balaban J connectivity index is 1.69. The molecule has 1 unspecified atom stereocenters. The largest absolute Gasteiger partial charge is 0.505 e. The molecule has 1 heterocycles. The van der Waals surface area contributed by atoms with Crippen molar-refractivity contribution in [3.05, 3.63) is 48.5 Å². The van der Waals surface area contributed by atoms with Gasteiger partial charge in [-0.2, -0.15) is 37.2 Å². The summed E-state index contributed by atoms with van der Waals surface area (Å²) in [4.78, 5) is 23.3. The van der Waals surface area contributed by atoms with Gasteiger partial charge in [-0.3, -0.25) is 13.9 Å². The smallest absolute Gasteiger partial charge is 0.355 e. The summed E-state index contributed by atoms with van der Waals surface area (Å²) in [5.41, 5.74) is 4.34. The molecular weight excluding hydrogens is 534 g/mol. The van der Waals surface area contributed by atoms with Gasteiger partial charge in [0.1, 0.15) is 10.6 Å². The number of carboxylic acid groups (broad SMARTS) is 1. The number of nitrogen functional groups attached to an aromatic ring is 1. The van der Waals surface area contributed by atoms with Crippen molar-refractivity contribution in [2.75, 3.05) is 10.7 Å². The van der Waals surface area contributed by atoms with Crippen molar-refractivity contribution >= 4 is 65.7 Å². The molecule has 0 saturated carbocycles. The third kappa shape index (κ3) is 4.83. The molecule has 1 atom stereocenters. The van der Waals surface area contributed by atoms with Crippen LogP contribution in [0.2, 0.25) is 0 Å². The fourth-order valence-electron chi connectivity index (χ4n) is 3.42. The zero-order valence-corrected chi connectivity index (χ0v) is 19.8. The number of phenolic OH excluding ortho intramolecular Hbond substituents is 1. The summed E-state index contributed by atoms with van der Waals surface area (Å²) >= 11 is 0. The predicted octanol–water partition coefficient (Wildman–Crippen LogP) is 1.56. The fraction of sp³-hybridized carbons (Fsp3) is 0.0500. The minimum atomic E-state index is -4.77. The Morgan fingerprint density at radius 2 is 1.65 bits per heavy atom. The minimum Gasteiger partial charge on any atom is -0.505 e. The molecule has 37 heavy (non-hydrogen) atoms. The van der Waals surface area contributed by atoms with E-state index in [0.717, 1.165) is 30.3 Å². The molecule has 17 heteroatoms. The zero-order valence-electron chi connectivity index (χ0n) is 18.1. The number of hydrogen-bond acceptors (Lipinski definition) is 11. The number of carboxylic acids is 1. The van der Waals surface area contributed by atoms with Crippen LogP contribution in [-0.2, 0) is 29.8 Å². The first kappa shape index (κ1) is 25.6. The number of hydrazone groups is 1. The minimum absolute atomic E-state index is 0.00892. The Hall–Kier alpha value is -4.45. The lowest BCUT2D eigenvalue weighted by molar-refractivity contribution is -0.130. The van der Waals surface area contributed by atoms with Crippen LogP contribution in [0, 0.1) is 0 Å². The number of benzene rings is 3. The van der Waals surface area contributed by atoms with Crippen molar-refractivity contribution in [2.45, 2.75) is 15.8 Å². The van der Waals surface area contributed by atoms with Crippen molar-refractivity contribution in [3.8, 4) is 5.75 Å². The van der Waals surface area contributed by atoms with Crippen molar-refractivity contribution in [3.63, 3.8) is 0 Å². The highest BCUT2D eigenvalue weighted by Crippen LogP contribution is 2.38. The summed E-state index contributed by atoms with van der Waals surface area (Å²) in [7, 11) is -9.27. The first-order valence-electron chi connectivity index (χ1n) is 9.85. The van der Waals surface area contributed by atoms with Crippen LogP contribution in [0.1, 0.15) is 0 Å². The van der Waals surface area contributed by atoms with Gasteiger partial charge in [-0.15, -0.1) is 0 Å². The SMILES string of the molecule is Nc1c(S(=O)(=O)O)cc2cc(N=NC3C(=O)N(c4ccc(S(=O)(=O)O)cc4)N=C3C(=O)O)ccc2c1O. The van der Waals surface area contributed by atoms with E-state index in [-0.39, 0.29) is 22.1 Å². The van der Waals surface area contributed by atoms with E-state index in [0.29, 0.717) is 5.01 Å². The number of carbonyl (C=O) groups is 2. The highest BCUT2D eigenvalue weighted by Gasteiger charge is 2.41. The molecule has 6 N–H and O–H groups in total. The number of fused-ring (bicyclic) bond motifs is 1. The molecule has 3 aromatic carbocycles. The first-order valence-corrected chi connectivity index (χ1v) is 12.7. The van der Waals surface area contributed by atoms with E-state index >= 15 is 0 Å². The van der Waals surface area contributed by atoms with Gasteiger partial charge >= 0.3 is 5.97 Å². The molecule has 1 amide bonds. The molecule has 4 rings (SSSR count). The van der Waals surface area contributed by atoms with E-state index in [2.05, 4.69) is 15.3 Å². The van der Waals surface area contributed by atoms with Crippen molar-refractivity contribution in [1.29, 1.82) is 0 Å². The Bertz CT molecular complexity index is 1750. The maximum atomic E-state index is 12.9. The maximum absolute atomic E-state index is 12.9. The molecule has 192 valence electrons. The Labute approximate surface area is 207 Å². The number of anilines is 2. The van der Waals surface area contributed by atoms with Gasteiger partial charge in [0, 0.05) is 5.39 Å². The van der Waals surface area contributed by atoms with Gasteiger partial charge < -0.3 is 15.9 Å². The van der Waals surface area contributed by atoms with Crippen molar-refractivity contribution in [2.24, 2.45) is 15.3 Å². The van der Waals surface area contributed by atoms with Crippen LogP contribution in [-0.4, -0.2) is 59.8 Å². The second-order valence-corrected chi connectivity index (χ2v) is 10.4. The number of rotatable bonds is 6. The number of hydrogen-bond donors (Lipinski definition) is 5. The maximum Gasteiger partial charge on any atom is 0.355 e. The van der Waals surface area contributed by atoms with Crippen LogP contribution in [0.5, 0.6) is 5.75 Å². The average Bonchev–Trinajstić information content (AvgIpc) is 3.15. The number of aromatic hydroxyl groups is 1. The van der Waals surface area contributed by atoms with Gasteiger partial charge in [0.2, 0.25) is 6.04 Å². The van der Waals surface area contributed by atoms with E-state index < -0.39 is 65.1 Å². The predicted molar refractivity (Wildman–Crippen MR) is 127 cm³/mol. The first-order chi connectivity index (χ1) is 17.2. The molecule has 0 aliphatic carbocycles. The second kappa shape index (κ2) is 8.89. The molecular formula is C20H15N5O10S2. The van der Waals surface area contributed by atoms with Crippen LogP contribution in [0.25, 0.3) is 10.8 Å². The van der Waals surface area contributed by atoms with Crippen LogP contribution >= 0.6 is 0 Å². The quantitative estimate of drug-likeness (QED) is 0.128. The Kier molecular flexibility index (Phi) is 6.16.